The number of fused-ring (bicyclic) bond motifs is 1. The summed E-state index contributed by atoms with van der Waals surface area (Å²) in [4.78, 5) is 34.9. The zero-order valence-electron chi connectivity index (χ0n) is 16.0. The first-order valence-corrected chi connectivity index (χ1v) is 9.48. The molecule has 1 spiro atoms. The summed E-state index contributed by atoms with van der Waals surface area (Å²) in [6.07, 6.45) is 1.58. The molecule has 0 unspecified atom stereocenters. The van der Waals surface area contributed by atoms with Gasteiger partial charge >= 0.3 is 5.69 Å². The lowest BCUT2D eigenvalue weighted by Gasteiger charge is -2.50. The van der Waals surface area contributed by atoms with Crippen LogP contribution in [-0.4, -0.2) is 74.5 Å². The van der Waals surface area contributed by atoms with Crippen LogP contribution in [0.4, 0.5) is 23.2 Å². The Hall–Kier alpha value is -3.22. The van der Waals surface area contributed by atoms with Crippen molar-refractivity contribution in [1.82, 2.24) is 29.5 Å². The molecule has 0 aliphatic carbocycles. The van der Waals surface area contributed by atoms with E-state index in [0.29, 0.717) is 11.3 Å². The average Bonchev–Trinajstić information content (AvgIpc) is 3.22. The first-order chi connectivity index (χ1) is 14.7. The first-order valence-electron chi connectivity index (χ1n) is 9.48. The standard InChI is InChI=1S/C18H17F4N7O2/c19-13(20)5-27-6-17(7-27)8-28(9-18(17,21)22)12-3-11(26-29-2-1-23-14(12)29)10-4-24-16(31)25-15(10)30/h1-4,13H,5-9H2,(H2,24,25,30,31). The summed E-state index contributed by atoms with van der Waals surface area (Å²) in [5, 5.41) is 4.29. The fraction of sp³-hybridized carbons (Fsp3) is 0.444. The van der Waals surface area contributed by atoms with E-state index in [9.17, 15) is 27.2 Å². The summed E-state index contributed by atoms with van der Waals surface area (Å²) in [6, 6.07) is 1.47. The summed E-state index contributed by atoms with van der Waals surface area (Å²) in [6.45, 7) is -1.43. The van der Waals surface area contributed by atoms with Crippen LogP contribution in [0.25, 0.3) is 16.9 Å². The van der Waals surface area contributed by atoms with E-state index in [4.69, 9.17) is 0 Å². The number of aromatic nitrogens is 5. The molecule has 3 aromatic heterocycles. The second-order valence-corrected chi connectivity index (χ2v) is 8.00. The number of imidazole rings is 1. The quantitative estimate of drug-likeness (QED) is 0.583. The minimum absolute atomic E-state index is 0.0479. The van der Waals surface area contributed by atoms with Gasteiger partial charge in [0, 0.05) is 38.2 Å². The average molecular weight is 439 g/mol. The molecule has 0 amide bonds. The van der Waals surface area contributed by atoms with Crippen LogP contribution in [0, 0.1) is 5.41 Å². The van der Waals surface area contributed by atoms with Crippen molar-refractivity contribution >= 4 is 11.3 Å². The molecule has 31 heavy (non-hydrogen) atoms. The molecule has 0 bridgehead atoms. The Balaban J connectivity index is 1.53. The number of H-pyrrole nitrogens is 2. The van der Waals surface area contributed by atoms with E-state index in [1.54, 1.807) is 0 Å². The Labute approximate surface area is 171 Å². The Bertz CT molecular complexity index is 1260. The number of nitrogens with zero attached hydrogens (tertiary/aromatic N) is 5. The zero-order valence-corrected chi connectivity index (χ0v) is 16.0. The van der Waals surface area contributed by atoms with Gasteiger partial charge in [0.05, 0.1) is 29.8 Å². The maximum Gasteiger partial charge on any atom is 0.325 e. The normalized spacial score (nSPS) is 20.1. The topological polar surface area (TPSA) is 102 Å². The van der Waals surface area contributed by atoms with Gasteiger partial charge in [-0.15, -0.1) is 0 Å². The third kappa shape index (κ3) is 3.10. The van der Waals surface area contributed by atoms with Gasteiger partial charge in [-0.25, -0.2) is 31.9 Å². The summed E-state index contributed by atoms with van der Waals surface area (Å²) in [5.41, 5.74) is -1.90. The van der Waals surface area contributed by atoms with Crippen molar-refractivity contribution in [3.05, 3.63) is 45.5 Å². The summed E-state index contributed by atoms with van der Waals surface area (Å²) < 4.78 is 56.5. The maximum absolute atomic E-state index is 15.0. The molecule has 0 atom stereocenters. The smallest absolute Gasteiger partial charge is 0.325 e. The second kappa shape index (κ2) is 6.64. The van der Waals surface area contributed by atoms with E-state index in [2.05, 4.69) is 20.1 Å². The molecule has 5 heterocycles. The highest BCUT2D eigenvalue weighted by atomic mass is 19.3. The highest BCUT2D eigenvalue weighted by Crippen LogP contribution is 2.51. The first kappa shape index (κ1) is 19.7. The third-order valence-electron chi connectivity index (χ3n) is 5.88. The number of alkyl halides is 4. The fourth-order valence-corrected chi connectivity index (χ4v) is 4.44. The number of likely N-dealkylation sites (tertiary alicyclic amines) is 1. The molecule has 164 valence electrons. The number of hydrogen-bond acceptors (Lipinski definition) is 6. The Morgan fingerprint density at radius 2 is 1.94 bits per heavy atom. The molecule has 0 saturated carbocycles. The number of halogens is 4. The van der Waals surface area contributed by atoms with Gasteiger partial charge in [-0.05, 0) is 6.07 Å². The SMILES string of the molecule is O=c1[nH]cc(-c2cc(N3CC(F)(F)C4(CN(CC(F)F)C4)C3)c3nccn3n2)c(=O)[nH]1. The molecule has 0 radical (unpaired) electrons. The van der Waals surface area contributed by atoms with E-state index < -0.39 is 42.1 Å². The van der Waals surface area contributed by atoms with E-state index in [1.807, 2.05) is 0 Å². The second-order valence-electron chi connectivity index (χ2n) is 8.00. The van der Waals surface area contributed by atoms with Crippen LogP contribution in [0.3, 0.4) is 0 Å². The van der Waals surface area contributed by atoms with E-state index in [-0.39, 0.29) is 30.9 Å². The van der Waals surface area contributed by atoms with Crippen molar-refractivity contribution in [2.24, 2.45) is 5.41 Å². The lowest BCUT2D eigenvalue weighted by atomic mass is 9.76. The van der Waals surface area contributed by atoms with Gasteiger partial charge in [-0.3, -0.25) is 14.7 Å². The predicted octanol–water partition coefficient (Wildman–Crippen LogP) is 0.795. The Morgan fingerprint density at radius 3 is 2.65 bits per heavy atom. The van der Waals surface area contributed by atoms with Gasteiger partial charge in [-0.1, -0.05) is 0 Å². The van der Waals surface area contributed by atoms with Crippen LogP contribution in [0.15, 0.2) is 34.2 Å². The van der Waals surface area contributed by atoms with Gasteiger partial charge in [-0.2, -0.15) is 5.10 Å². The van der Waals surface area contributed by atoms with Crippen molar-refractivity contribution in [3.8, 4) is 11.3 Å². The van der Waals surface area contributed by atoms with Gasteiger partial charge < -0.3 is 9.88 Å². The molecule has 3 aromatic rings. The summed E-state index contributed by atoms with van der Waals surface area (Å²) in [7, 11) is 0. The lowest BCUT2D eigenvalue weighted by Crippen LogP contribution is -2.65. The van der Waals surface area contributed by atoms with Gasteiger partial charge in [0.25, 0.3) is 17.9 Å². The number of nitrogens with one attached hydrogen (secondary N) is 2. The number of rotatable bonds is 4. The van der Waals surface area contributed by atoms with Crippen molar-refractivity contribution in [2.75, 3.05) is 37.6 Å². The Kier molecular flexibility index (Phi) is 4.22. The molecule has 9 nitrogen and oxygen atoms in total. The van der Waals surface area contributed by atoms with Crippen molar-refractivity contribution in [2.45, 2.75) is 12.3 Å². The molecule has 5 rings (SSSR count). The molecule has 2 saturated heterocycles. The van der Waals surface area contributed by atoms with Crippen LogP contribution in [0.5, 0.6) is 0 Å². The van der Waals surface area contributed by atoms with E-state index >= 15 is 0 Å². The van der Waals surface area contributed by atoms with Crippen LogP contribution < -0.4 is 16.1 Å². The van der Waals surface area contributed by atoms with E-state index in [0.717, 1.165) is 0 Å². The highest BCUT2D eigenvalue weighted by molar-refractivity contribution is 5.75. The molecule has 2 aliphatic heterocycles. The number of aromatic amines is 2. The van der Waals surface area contributed by atoms with Gasteiger partial charge in [0.15, 0.2) is 5.65 Å². The van der Waals surface area contributed by atoms with Crippen molar-refractivity contribution in [1.29, 1.82) is 0 Å². The highest BCUT2D eigenvalue weighted by Gasteiger charge is 2.65. The van der Waals surface area contributed by atoms with E-state index in [1.165, 1.54) is 39.0 Å². The molecule has 2 fully saturated rings. The monoisotopic (exact) mass is 439 g/mol. The van der Waals surface area contributed by atoms with Crippen molar-refractivity contribution in [3.63, 3.8) is 0 Å². The molecular weight excluding hydrogens is 422 g/mol. The van der Waals surface area contributed by atoms with Crippen LogP contribution in [0.1, 0.15) is 0 Å². The number of hydrogen-bond donors (Lipinski definition) is 2. The molecule has 0 aromatic carbocycles. The largest absolute Gasteiger partial charge is 0.361 e. The maximum atomic E-state index is 15.0. The van der Waals surface area contributed by atoms with Crippen LogP contribution in [0.2, 0.25) is 0 Å². The van der Waals surface area contributed by atoms with Gasteiger partial charge in [0.2, 0.25) is 0 Å². The summed E-state index contributed by atoms with van der Waals surface area (Å²) in [5.74, 6) is -3.09. The molecule has 13 heteroatoms. The zero-order chi connectivity index (χ0) is 22.0. The minimum Gasteiger partial charge on any atom is -0.361 e. The van der Waals surface area contributed by atoms with Gasteiger partial charge in [0.1, 0.15) is 5.69 Å². The molecule has 2 aliphatic rings. The molecular formula is C18H17F4N7O2. The minimum atomic E-state index is -3.09. The fourth-order valence-electron chi connectivity index (χ4n) is 4.44. The molecule has 2 N–H and O–H groups in total. The van der Waals surface area contributed by atoms with Crippen LogP contribution >= 0.6 is 0 Å². The summed E-state index contributed by atoms with van der Waals surface area (Å²) >= 11 is 0. The third-order valence-corrected chi connectivity index (χ3v) is 5.88. The lowest BCUT2D eigenvalue weighted by molar-refractivity contribution is -0.163. The van der Waals surface area contributed by atoms with Crippen LogP contribution in [-0.2, 0) is 0 Å². The Morgan fingerprint density at radius 1 is 1.16 bits per heavy atom. The number of anilines is 1. The van der Waals surface area contributed by atoms with Crippen molar-refractivity contribution < 1.29 is 17.6 Å². The predicted molar refractivity (Wildman–Crippen MR) is 102 cm³/mol.